The predicted octanol–water partition coefficient (Wildman–Crippen LogP) is 3.40. The SMILES string of the molecule is O=C(Nc1cccc(-c2ccsc2)c1)N1CCC[C@H](O)C1. The Morgan fingerprint density at radius 3 is 3.00 bits per heavy atom. The van der Waals surface area contributed by atoms with Crippen molar-refractivity contribution in [2.75, 3.05) is 18.4 Å². The number of amides is 2. The average Bonchev–Trinajstić information content (AvgIpc) is 3.02. The summed E-state index contributed by atoms with van der Waals surface area (Å²) in [6, 6.07) is 9.74. The van der Waals surface area contributed by atoms with Crippen LogP contribution in [0.2, 0.25) is 0 Å². The van der Waals surface area contributed by atoms with E-state index in [0.717, 1.165) is 29.7 Å². The third kappa shape index (κ3) is 3.43. The number of rotatable bonds is 2. The van der Waals surface area contributed by atoms with E-state index in [0.29, 0.717) is 13.1 Å². The molecule has 21 heavy (non-hydrogen) atoms. The number of thiophene rings is 1. The number of piperidine rings is 1. The summed E-state index contributed by atoms with van der Waals surface area (Å²) >= 11 is 1.65. The topological polar surface area (TPSA) is 52.6 Å². The minimum atomic E-state index is -0.401. The number of carbonyl (C=O) groups is 1. The fourth-order valence-electron chi connectivity index (χ4n) is 2.55. The van der Waals surface area contributed by atoms with Crippen LogP contribution in [0.3, 0.4) is 0 Å². The van der Waals surface area contributed by atoms with Gasteiger partial charge in [0.1, 0.15) is 0 Å². The molecule has 1 aliphatic heterocycles. The van der Waals surface area contributed by atoms with Gasteiger partial charge in [-0.2, -0.15) is 11.3 Å². The Morgan fingerprint density at radius 2 is 2.24 bits per heavy atom. The maximum absolute atomic E-state index is 12.2. The highest BCUT2D eigenvalue weighted by molar-refractivity contribution is 7.08. The molecule has 2 N–H and O–H groups in total. The van der Waals surface area contributed by atoms with Gasteiger partial charge in [0.05, 0.1) is 6.10 Å². The number of nitrogens with zero attached hydrogens (tertiary/aromatic N) is 1. The molecule has 1 aromatic heterocycles. The molecule has 1 aromatic carbocycles. The molecule has 0 radical (unpaired) electrons. The summed E-state index contributed by atoms with van der Waals surface area (Å²) in [7, 11) is 0. The van der Waals surface area contributed by atoms with E-state index < -0.39 is 6.10 Å². The normalized spacial score (nSPS) is 18.5. The maximum Gasteiger partial charge on any atom is 0.321 e. The molecule has 0 bridgehead atoms. The van der Waals surface area contributed by atoms with Gasteiger partial charge in [0.15, 0.2) is 0 Å². The van der Waals surface area contributed by atoms with Gasteiger partial charge in [0.2, 0.25) is 0 Å². The third-order valence-corrected chi connectivity index (χ3v) is 4.34. The van der Waals surface area contributed by atoms with Crippen molar-refractivity contribution in [3.8, 4) is 11.1 Å². The molecule has 0 unspecified atom stereocenters. The van der Waals surface area contributed by atoms with E-state index in [4.69, 9.17) is 0 Å². The molecule has 0 aliphatic carbocycles. The van der Waals surface area contributed by atoms with E-state index in [-0.39, 0.29) is 6.03 Å². The number of aliphatic hydroxyl groups excluding tert-OH is 1. The molecule has 1 atom stereocenters. The van der Waals surface area contributed by atoms with Crippen LogP contribution in [0.25, 0.3) is 11.1 Å². The molecule has 2 heterocycles. The zero-order chi connectivity index (χ0) is 14.7. The zero-order valence-electron chi connectivity index (χ0n) is 11.7. The quantitative estimate of drug-likeness (QED) is 0.893. The highest BCUT2D eigenvalue weighted by Gasteiger charge is 2.21. The number of β-amino-alcohol motifs (C(OH)–C–C–N with tert-alkyl or cyclic N) is 1. The monoisotopic (exact) mass is 302 g/mol. The predicted molar refractivity (Wildman–Crippen MR) is 85.6 cm³/mol. The van der Waals surface area contributed by atoms with Crippen LogP contribution in [0.4, 0.5) is 10.5 Å². The first kappa shape index (κ1) is 14.1. The summed E-state index contributed by atoms with van der Waals surface area (Å²) in [6.45, 7) is 1.11. The molecule has 0 saturated carbocycles. The molecule has 1 aliphatic rings. The van der Waals surface area contributed by atoms with Gasteiger partial charge < -0.3 is 15.3 Å². The van der Waals surface area contributed by atoms with Crippen molar-refractivity contribution < 1.29 is 9.90 Å². The van der Waals surface area contributed by atoms with Crippen LogP contribution in [0.5, 0.6) is 0 Å². The molecule has 110 valence electrons. The standard InChI is InChI=1S/C16H18N2O2S/c19-15-5-2-7-18(10-15)16(20)17-14-4-1-3-12(9-14)13-6-8-21-11-13/h1,3-4,6,8-9,11,15,19H,2,5,7,10H2,(H,17,20)/t15-/m0/s1. The lowest BCUT2D eigenvalue weighted by Gasteiger charge is -2.30. The van der Waals surface area contributed by atoms with Crippen molar-refractivity contribution >= 4 is 23.1 Å². The molecule has 5 heteroatoms. The number of hydrogen-bond donors (Lipinski definition) is 2. The van der Waals surface area contributed by atoms with E-state index >= 15 is 0 Å². The van der Waals surface area contributed by atoms with Gasteiger partial charge in [-0.05, 0) is 52.9 Å². The number of hydrogen-bond acceptors (Lipinski definition) is 3. The Hall–Kier alpha value is -1.85. The molecule has 2 aromatic rings. The molecule has 4 nitrogen and oxygen atoms in total. The number of aliphatic hydroxyl groups is 1. The van der Waals surface area contributed by atoms with Gasteiger partial charge in [-0.25, -0.2) is 4.79 Å². The van der Waals surface area contributed by atoms with Gasteiger partial charge in [-0.1, -0.05) is 12.1 Å². The van der Waals surface area contributed by atoms with Gasteiger partial charge >= 0.3 is 6.03 Å². The van der Waals surface area contributed by atoms with E-state index in [1.165, 1.54) is 0 Å². The summed E-state index contributed by atoms with van der Waals surface area (Å²) in [5.74, 6) is 0. The maximum atomic E-state index is 12.2. The van der Waals surface area contributed by atoms with Crippen LogP contribution in [-0.4, -0.2) is 35.2 Å². The number of urea groups is 1. The largest absolute Gasteiger partial charge is 0.391 e. The molecular weight excluding hydrogens is 284 g/mol. The summed E-state index contributed by atoms with van der Waals surface area (Å²) in [5, 5.41) is 16.7. The number of likely N-dealkylation sites (tertiary alicyclic amines) is 1. The molecule has 2 amide bonds. The van der Waals surface area contributed by atoms with Crippen molar-refractivity contribution in [1.82, 2.24) is 4.90 Å². The Labute approximate surface area is 128 Å². The van der Waals surface area contributed by atoms with Crippen LogP contribution in [0.15, 0.2) is 41.1 Å². The van der Waals surface area contributed by atoms with Crippen molar-refractivity contribution in [3.63, 3.8) is 0 Å². The Morgan fingerprint density at radius 1 is 1.33 bits per heavy atom. The van der Waals surface area contributed by atoms with Gasteiger partial charge in [0, 0.05) is 18.8 Å². The fourth-order valence-corrected chi connectivity index (χ4v) is 3.21. The fraction of sp³-hybridized carbons (Fsp3) is 0.312. The molecular formula is C16H18N2O2S. The number of benzene rings is 1. The van der Waals surface area contributed by atoms with Crippen LogP contribution >= 0.6 is 11.3 Å². The van der Waals surface area contributed by atoms with Crippen molar-refractivity contribution in [3.05, 3.63) is 41.1 Å². The smallest absolute Gasteiger partial charge is 0.321 e. The second kappa shape index (κ2) is 6.28. The zero-order valence-corrected chi connectivity index (χ0v) is 12.5. The Bertz CT molecular complexity index is 612. The summed E-state index contributed by atoms with van der Waals surface area (Å²) < 4.78 is 0. The molecule has 3 rings (SSSR count). The van der Waals surface area contributed by atoms with Crippen molar-refractivity contribution in [1.29, 1.82) is 0 Å². The van der Waals surface area contributed by atoms with Crippen LogP contribution in [0, 0.1) is 0 Å². The van der Waals surface area contributed by atoms with Gasteiger partial charge in [-0.3, -0.25) is 0 Å². The lowest BCUT2D eigenvalue weighted by atomic mass is 10.1. The molecule has 1 fully saturated rings. The summed E-state index contributed by atoms with van der Waals surface area (Å²) in [4.78, 5) is 13.9. The van der Waals surface area contributed by atoms with Gasteiger partial charge in [0.25, 0.3) is 0 Å². The number of carbonyl (C=O) groups excluding carboxylic acids is 1. The highest BCUT2D eigenvalue weighted by atomic mass is 32.1. The summed E-state index contributed by atoms with van der Waals surface area (Å²) in [5.41, 5.74) is 3.03. The third-order valence-electron chi connectivity index (χ3n) is 3.65. The van der Waals surface area contributed by atoms with Crippen molar-refractivity contribution in [2.45, 2.75) is 18.9 Å². The van der Waals surface area contributed by atoms with E-state index in [2.05, 4.69) is 16.8 Å². The average molecular weight is 302 g/mol. The first-order chi connectivity index (χ1) is 10.2. The van der Waals surface area contributed by atoms with E-state index in [1.54, 1.807) is 16.2 Å². The minimum absolute atomic E-state index is 0.142. The van der Waals surface area contributed by atoms with E-state index in [9.17, 15) is 9.90 Å². The van der Waals surface area contributed by atoms with Crippen LogP contribution in [-0.2, 0) is 0 Å². The number of anilines is 1. The van der Waals surface area contributed by atoms with E-state index in [1.807, 2.05) is 29.6 Å². The Balaban J connectivity index is 1.70. The van der Waals surface area contributed by atoms with Crippen LogP contribution < -0.4 is 5.32 Å². The second-order valence-corrected chi connectivity index (χ2v) is 6.05. The van der Waals surface area contributed by atoms with Crippen LogP contribution in [0.1, 0.15) is 12.8 Å². The molecule has 1 saturated heterocycles. The number of nitrogens with one attached hydrogen (secondary N) is 1. The Kier molecular flexibility index (Phi) is 4.22. The second-order valence-electron chi connectivity index (χ2n) is 5.27. The molecule has 0 spiro atoms. The summed E-state index contributed by atoms with van der Waals surface area (Å²) in [6.07, 6.45) is 1.22. The van der Waals surface area contributed by atoms with Crippen molar-refractivity contribution in [2.24, 2.45) is 0 Å². The lowest BCUT2D eigenvalue weighted by Crippen LogP contribution is -2.44. The first-order valence-corrected chi connectivity index (χ1v) is 8.03. The minimum Gasteiger partial charge on any atom is -0.391 e. The van der Waals surface area contributed by atoms with Gasteiger partial charge in [-0.15, -0.1) is 0 Å². The lowest BCUT2D eigenvalue weighted by molar-refractivity contribution is 0.0883. The first-order valence-electron chi connectivity index (χ1n) is 7.09. The highest BCUT2D eigenvalue weighted by Crippen LogP contribution is 2.25.